The van der Waals surface area contributed by atoms with E-state index in [0.717, 1.165) is 6.54 Å². The van der Waals surface area contributed by atoms with Gasteiger partial charge in [-0.05, 0) is 38.7 Å². The molecule has 0 bridgehead atoms. The van der Waals surface area contributed by atoms with E-state index in [0.29, 0.717) is 12.1 Å². The van der Waals surface area contributed by atoms with Crippen LogP contribution in [-0.2, 0) is 0 Å². The van der Waals surface area contributed by atoms with Gasteiger partial charge < -0.3 is 15.3 Å². The molecule has 0 aliphatic heterocycles. The summed E-state index contributed by atoms with van der Waals surface area (Å²) in [7, 11) is 4.00. The first-order valence-corrected chi connectivity index (χ1v) is 5.80. The number of aliphatic hydroxyl groups excluding tert-OH is 1. The van der Waals surface area contributed by atoms with Crippen LogP contribution in [0.5, 0.6) is 0 Å². The molecule has 1 aromatic rings. The summed E-state index contributed by atoms with van der Waals surface area (Å²) >= 11 is 0. The van der Waals surface area contributed by atoms with Crippen molar-refractivity contribution in [3.8, 4) is 0 Å². The fourth-order valence-electron chi connectivity index (χ4n) is 1.76. The van der Waals surface area contributed by atoms with Crippen molar-refractivity contribution < 1.29 is 9.50 Å². The van der Waals surface area contributed by atoms with Crippen molar-refractivity contribution in [2.75, 3.05) is 27.2 Å². The summed E-state index contributed by atoms with van der Waals surface area (Å²) in [6.45, 7) is 3.38. The van der Waals surface area contributed by atoms with Gasteiger partial charge in [0.25, 0.3) is 0 Å². The third-order valence-electron chi connectivity index (χ3n) is 2.53. The Bertz CT molecular complexity index is 344. The number of hydrogen-bond donors (Lipinski definition) is 2. The van der Waals surface area contributed by atoms with E-state index in [1.165, 1.54) is 12.1 Å². The SMILES string of the molecule is CC(CN(C)C)NCC(O)c1cccc(F)c1. The molecule has 2 atom stereocenters. The lowest BCUT2D eigenvalue weighted by Crippen LogP contribution is -2.37. The molecule has 17 heavy (non-hydrogen) atoms. The lowest BCUT2D eigenvalue weighted by molar-refractivity contribution is 0.167. The van der Waals surface area contributed by atoms with E-state index in [9.17, 15) is 9.50 Å². The van der Waals surface area contributed by atoms with Crippen LogP contribution in [0.4, 0.5) is 4.39 Å². The Balaban J connectivity index is 2.42. The van der Waals surface area contributed by atoms with Gasteiger partial charge in [0.15, 0.2) is 0 Å². The average molecular weight is 240 g/mol. The molecule has 0 aliphatic carbocycles. The molecule has 2 unspecified atom stereocenters. The molecule has 3 nitrogen and oxygen atoms in total. The highest BCUT2D eigenvalue weighted by molar-refractivity contribution is 5.18. The molecule has 4 heteroatoms. The predicted molar refractivity (Wildman–Crippen MR) is 67.4 cm³/mol. The van der Waals surface area contributed by atoms with Gasteiger partial charge in [0.1, 0.15) is 5.82 Å². The summed E-state index contributed by atoms with van der Waals surface area (Å²) in [5.41, 5.74) is 0.606. The second-order valence-electron chi connectivity index (χ2n) is 4.64. The number of nitrogens with zero attached hydrogens (tertiary/aromatic N) is 1. The summed E-state index contributed by atoms with van der Waals surface area (Å²) < 4.78 is 13.0. The second kappa shape index (κ2) is 6.69. The van der Waals surface area contributed by atoms with Crippen molar-refractivity contribution >= 4 is 0 Å². The normalized spacial score (nSPS) is 14.9. The van der Waals surface area contributed by atoms with Gasteiger partial charge in [-0.1, -0.05) is 12.1 Å². The van der Waals surface area contributed by atoms with E-state index < -0.39 is 6.10 Å². The summed E-state index contributed by atoms with van der Waals surface area (Å²) in [5.74, 6) is -0.317. The monoisotopic (exact) mass is 240 g/mol. The van der Waals surface area contributed by atoms with Gasteiger partial charge in [-0.25, -0.2) is 4.39 Å². The fourth-order valence-corrected chi connectivity index (χ4v) is 1.76. The Morgan fingerprint density at radius 2 is 2.12 bits per heavy atom. The van der Waals surface area contributed by atoms with Crippen molar-refractivity contribution in [3.05, 3.63) is 35.6 Å². The van der Waals surface area contributed by atoms with E-state index in [4.69, 9.17) is 0 Å². The molecule has 0 saturated heterocycles. The van der Waals surface area contributed by atoms with Crippen LogP contribution in [-0.4, -0.2) is 43.2 Å². The first kappa shape index (κ1) is 14.1. The number of aliphatic hydroxyl groups is 1. The predicted octanol–water partition coefficient (Wildman–Crippen LogP) is 1.40. The zero-order valence-electron chi connectivity index (χ0n) is 10.7. The number of rotatable bonds is 6. The topological polar surface area (TPSA) is 35.5 Å². The van der Waals surface area contributed by atoms with Crippen LogP contribution < -0.4 is 5.32 Å². The van der Waals surface area contributed by atoms with Gasteiger partial charge in [-0.3, -0.25) is 0 Å². The van der Waals surface area contributed by atoms with Gasteiger partial charge in [-0.2, -0.15) is 0 Å². The van der Waals surface area contributed by atoms with Crippen LogP contribution in [0.25, 0.3) is 0 Å². The summed E-state index contributed by atoms with van der Waals surface area (Å²) in [6.07, 6.45) is -0.671. The molecule has 0 amide bonds. The molecule has 0 aliphatic rings. The quantitative estimate of drug-likeness (QED) is 0.789. The van der Waals surface area contributed by atoms with E-state index in [1.54, 1.807) is 12.1 Å². The zero-order valence-corrected chi connectivity index (χ0v) is 10.7. The Kier molecular flexibility index (Phi) is 5.55. The van der Waals surface area contributed by atoms with E-state index in [-0.39, 0.29) is 11.9 Å². The molecule has 0 heterocycles. The van der Waals surface area contributed by atoms with E-state index in [1.807, 2.05) is 14.1 Å². The highest BCUT2D eigenvalue weighted by Crippen LogP contribution is 2.13. The minimum Gasteiger partial charge on any atom is -0.387 e. The first-order valence-electron chi connectivity index (χ1n) is 5.80. The van der Waals surface area contributed by atoms with Gasteiger partial charge in [0.2, 0.25) is 0 Å². The molecular weight excluding hydrogens is 219 g/mol. The molecule has 2 N–H and O–H groups in total. The minimum atomic E-state index is -0.671. The van der Waals surface area contributed by atoms with Crippen LogP contribution in [0.1, 0.15) is 18.6 Å². The molecular formula is C13H21FN2O. The standard InChI is InChI=1S/C13H21FN2O/c1-10(9-16(2)3)15-8-13(17)11-5-4-6-12(14)7-11/h4-7,10,13,15,17H,8-9H2,1-3H3. The molecule has 0 fully saturated rings. The van der Waals surface area contributed by atoms with Crippen molar-refractivity contribution in [1.29, 1.82) is 0 Å². The number of nitrogens with one attached hydrogen (secondary N) is 1. The summed E-state index contributed by atoms with van der Waals surface area (Å²) in [6, 6.07) is 6.36. The fraction of sp³-hybridized carbons (Fsp3) is 0.538. The van der Waals surface area contributed by atoms with Crippen molar-refractivity contribution in [3.63, 3.8) is 0 Å². The smallest absolute Gasteiger partial charge is 0.123 e. The molecule has 1 rings (SSSR count). The summed E-state index contributed by atoms with van der Waals surface area (Å²) in [4.78, 5) is 2.08. The van der Waals surface area contributed by atoms with Gasteiger partial charge in [-0.15, -0.1) is 0 Å². The number of likely N-dealkylation sites (N-methyl/N-ethyl adjacent to an activating group) is 1. The first-order chi connectivity index (χ1) is 7.99. The van der Waals surface area contributed by atoms with Crippen LogP contribution in [0, 0.1) is 5.82 Å². The lowest BCUT2D eigenvalue weighted by Gasteiger charge is -2.20. The highest BCUT2D eigenvalue weighted by atomic mass is 19.1. The Morgan fingerprint density at radius 3 is 2.71 bits per heavy atom. The Morgan fingerprint density at radius 1 is 1.41 bits per heavy atom. The molecule has 0 spiro atoms. The van der Waals surface area contributed by atoms with Crippen molar-refractivity contribution in [1.82, 2.24) is 10.2 Å². The molecule has 0 saturated carbocycles. The van der Waals surface area contributed by atoms with E-state index >= 15 is 0 Å². The number of hydrogen-bond acceptors (Lipinski definition) is 3. The maximum Gasteiger partial charge on any atom is 0.123 e. The van der Waals surface area contributed by atoms with Crippen LogP contribution in [0.15, 0.2) is 24.3 Å². The third-order valence-corrected chi connectivity index (χ3v) is 2.53. The number of halogens is 1. The van der Waals surface area contributed by atoms with Crippen LogP contribution in [0.2, 0.25) is 0 Å². The highest BCUT2D eigenvalue weighted by Gasteiger charge is 2.10. The van der Waals surface area contributed by atoms with E-state index in [2.05, 4.69) is 17.1 Å². The molecule has 96 valence electrons. The van der Waals surface area contributed by atoms with Crippen molar-refractivity contribution in [2.24, 2.45) is 0 Å². The van der Waals surface area contributed by atoms with Gasteiger partial charge in [0.05, 0.1) is 6.10 Å². The minimum absolute atomic E-state index is 0.285. The van der Waals surface area contributed by atoms with Crippen molar-refractivity contribution in [2.45, 2.75) is 19.1 Å². The summed E-state index contributed by atoms with van der Waals surface area (Å²) in [5, 5.41) is 13.1. The van der Waals surface area contributed by atoms with Crippen LogP contribution in [0.3, 0.4) is 0 Å². The maximum absolute atomic E-state index is 13.0. The zero-order chi connectivity index (χ0) is 12.8. The largest absolute Gasteiger partial charge is 0.387 e. The molecule has 0 aromatic heterocycles. The Hall–Kier alpha value is -0.970. The second-order valence-corrected chi connectivity index (χ2v) is 4.64. The number of benzene rings is 1. The molecule has 1 aromatic carbocycles. The molecule has 0 radical (unpaired) electrons. The Labute approximate surface area is 102 Å². The third kappa shape index (κ3) is 5.26. The van der Waals surface area contributed by atoms with Crippen LogP contribution >= 0.6 is 0 Å². The average Bonchev–Trinajstić information content (AvgIpc) is 2.25. The van der Waals surface area contributed by atoms with Gasteiger partial charge >= 0.3 is 0 Å². The maximum atomic E-state index is 13.0. The lowest BCUT2D eigenvalue weighted by atomic mass is 10.1. The van der Waals surface area contributed by atoms with Gasteiger partial charge in [0, 0.05) is 19.1 Å².